The molecule has 0 aromatic heterocycles. The predicted octanol–water partition coefficient (Wildman–Crippen LogP) is 2.03. The molecule has 2 N–H and O–H groups in total. The van der Waals surface area contributed by atoms with Gasteiger partial charge in [-0.2, -0.15) is 0 Å². The average Bonchev–Trinajstić information content (AvgIpc) is 3.09. The summed E-state index contributed by atoms with van der Waals surface area (Å²) in [5, 5.41) is 11.9. The Balaban J connectivity index is 1.97. The zero-order valence-corrected chi connectivity index (χ0v) is 10.6. The molecule has 3 atom stereocenters. The highest BCUT2D eigenvalue weighted by atomic mass is 35.5. The van der Waals surface area contributed by atoms with E-state index in [1.54, 1.807) is 6.07 Å². The number of hydrogen-bond donors (Lipinski definition) is 2. The van der Waals surface area contributed by atoms with Gasteiger partial charge in [0.05, 0.1) is 0 Å². The Morgan fingerprint density at radius 3 is 2.72 bits per heavy atom. The lowest BCUT2D eigenvalue weighted by molar-refractivity contribution is -0.141. The number of halogens is 1. The fourth-order valence-electron chi connectivity index (χ4n) is 1.99. The number of nitrogens with one attached hydrogen (secondary N) is 1. The molecule has 1 aliphatic carbocycles. The lowest BCUT2D eigenvalue weighted by Crippen LogP contribution is -2.39. The van der Waals surface area contributed by atoms with Crippen molar-refractivity contribution in [3.63, 3.8) is 0 Å². The molecule has 1 fully saturated rings. The number of carboxylic acid groups (broad SMARTS) is 1. The van der Waals surface area contributed by atoms with Crippen LogP contribution in [-0.4, -0.2) is 23.0 Å². The van der Waals surface area contributed by atoms with Crippen molar-refractivity contribution in [3.8, 4) is 0 Å². The maximum atomic E-state index is 11.8. The summed E-state index contributed by atoms with van der Waals surface area (Å²) < 4.78 is 0. The van der Waals surface area contributed by atoms with Crippen molar-refractivity contribution in [2.75, 3.05) is 0 Å². The maximum absolute atomic E-state index is 11.8. The van der Waals surface area contributed by atoms with Gasteiger partial charge in [-0.05, 0) is 30.9 Å². The van der Waals surface area contributed by atoms with Crippen molar-refractivity contribution in [2.45, 2.75) is 25.3 Å². The van der Waals surface area contributed by atoms with Crippen LogP contribution in [0.25, 0.3) is 0 Å². The summed E-state index contributed by atoms with van der Waals surface area (Å²) in [6.45, 7) is 1.45. The summed E-state index contributed by atoms with van der Waals surface area (Å²) in [7, 11) is 0. The van der Waals surface area contributed by atoms with Crippen molar-refractivity contribution < 1.29 is 14.7 Å². The Morgan fingerprint density at radius 2 is 2.11 bits per heavy atom. The molecule has 1 amide bonds. The lowest BCUT2D eigenvalue weighted by atomic mass is 10.1. The van der Waals surface area contributed by atoms with Crippen LogP contribution in [-0.2, 0) is 9.59 Å². The second-order valence-corrected chi connectivity index (χ2v) is 4.95. The van der Waals surface area contributed by atoms with Gasteiger partial charge in [0.15, 0.2) is 0 Å². The summed E-state index contributed by atoms with van der Waals surface area (Å²) >= 11 is 6.06. The Hall–Kier alpha value is -1.55. The first-order valence-corrected chi connectivity index (χ1v) is 6.16. The van der Waals surface area contributed by atoms with Crippen LogP contribution in [0.3, 0.4) is 0 Å². The van der Waals surface area contributed by atoms with Crippen LogP contribution in [0.4, 0.5) is 0 Å². The van der Waals surface area contributed by atoms with Crippen molar-refractivity contribution >= 4 is 23.5 Å². The molecule has 1 saturated carbocycles. The molecule has 1 aromatic rings. The summed E-state index contributed by atoms with van der Waals surface area (Å²) in [6.07, 6.45) is 0.724. The molecule has 18 heavy (non-hydrogen) atoms. The number of hydrogen-bond acceptors (Lipinski definition) is 2. The molecule has 2 unspecified atom stereocenters. The Morgan fingerprint density at radius 1 is 1.44 bits per heavy atom. The number of benzene rings is 1. The molecule has 1 aromatic carbocycles. The molecule has 0 bridgehead atoms. The molecule has 0 heterocycles. The molecule has 0 aliphatic heterocycles. The first kappa shape index (κ1) is 12.9. The summed E-state index contributed by atoms with van der Waals surface area (Å²) in [5.74, 6) is -1.29. The van der Waals surface area contributed by atoms with Crippen molar-refractivity contribution in [2.24, 2.45) is 5.92 Å². The van der Waals surface area contributed by atoms with E-state index in [1.165, 1.54) is 6.92 Å². The number of aliphatic carboxylic acids is 1. The molecule has 2 rings (SSSR count). The van der Waals surface area contributed by atoms with Gasteiger partial charge in [-0.3, -0.25) is 9.59 Å². The van der Waals surface area contributed by atoms with E-state index in [0.717, 1.165) is 12.0 Å². The van der Waals surface area contributed by atoms with E-state index in [1.807, 2.05) is 18.2 Å². The monoisotopic (exact) mass is 267 g/mol. The Bertz CT molecular complexity index is 489. The van der Waals surface area contributed by atoms with Crippen LogP contribution in [0, 0.1) is 5.92 Å². The third-order valence-corrected chi connectivity index (χ3v) is 3.51. The Labute approximate surface area is 110 Å². The third kappa shape index (κ3) is 2.64. The van der Waals surface area contributed by atoms with E-state index < -0.39 is 12.0 Å². The molecule has 0 saturated heterocycles. The second-order valence-electron chi connectivity index (χ2n) is 4.54. The fraction of sp³-hybridized carbons (Fsp3) is 0.385. The third-order valence-electron chi connectivity index (χ3n) is 3.16. The molecule has 4 nitrogen and oxygen atoms in total. The van der Waals surface area contributed by atoms with Crippen LogP contribution in [0.1, 0.15) is 24.8 Å². The highest BCUT2D eigenvalue weighted by Crippen LogP contribution is 2.49. The number of amides is 1. The maximum Gasteiger partial charge on any atom is 0.325 e. The average molecular weight is 268 g/mol. The largest absolute Gasteiger partial charge is 0.480 e. The zero-order chi connectivity index (χ0) is 13.3. The topological polar surface area (TPSA) is 66.4 Å². The molecule has 96 valence electrons. The van der Waals surface area contributed by atoms with E-state index in [-0.39, 0.29) is 17.7 Å². The molecule has 1 aliphatic rings. The van der Waals surface area contributed by atoms with Crippen molar-refractivity contribution in [3.05, 3.63) is 34.9 Å². The smallest absolute Gasteiger partial charge is 0.325 e. The van der Waals surface area contributed by atoms with Gasteiger partial charge in [0, 0.05) is 10.9 Å². The van der Waals surface area contributed by atoms with Crippen LogP contribution in [0.2, 0.25) is 5.02 Å². The lowest BCUT2D eigenvalue weighted by Gasteiger charge is -2.09. The molecule has 5 heteroatoms. The molecular formula is C13H14ClNO3. The number of carbonyl (C=O) groups excluding carboxylic acids is 1. The highest BCUT2D eigenvalue weighted by molar-refractivity contribution is 6.31. The van der Waals surface area contributed by atoms with Crippen LogP contribution in [0.15, 0.2) is 24.3 Å². The standard InChI is InChI=1S/C13H14ClNO3/c1-7(13(17)18)15-12(16)10-6-9(10)8-4-2-3-5-11(8)14/h2-5,7,9-10H,6H2,1H3,(H,15,16)(H,17,18)/t7-,9?,10?/m1/s1. The summed E-state index contributed by atoms with van der Waals surface area (Å²) in [4.78, 5) is 22.4. The van der Waals surface area contributed by atoms with Gasteiger partial charge >= 0.3 is 5.97 Å². The van der Waals surface area contributed by atoms with Gasteiger partial charge in [-0.15, -0.1) is 0 Å². The van der Waals surface area contributed by atoms with Crippen LogP contribution < -0.4 is 5.32 Å². The molecule has 0 spiro atoms. The normalized spacial score (nSPS) is 23.2. The first-order chi connectivity index (χ1) is 8.50. The van der Waals surface area contributed by atoms with E-state index in [0.29, 0.717) is 5.02 Å². The number of carbonyl (C=O) groups is 2. The second kappa shape index (κ2) is 4.98. The van der Waals surface area contributed by atoms with E-state index in [2.05, 4.69) is 5.32 Å². The van der Waals surface area contributed by atoms with Crippen LogP contribution in [0.5, 0.6) is 0 Å². The van der Waals surface area contributed by atoms with E-state index >= 15 is 0 Å². The van der Waals surface area contributed by atoms with E-state index in [9.17, 15) is 9.59 Å². The van der Waals surface area contributed by atoms with E-state index in [4.69, 9.17) is 16.7 Å². The molecule has 0 radical (unpaired) electrons. The fourth-order valence-corrected chi connectivity index (χ4v) is 2.26. The first-order valence-electron chi connectivity index (χ1n) is 5.78. The van der Waals surface area contributed by atoms with Gasteiger partial charge in [0.2, 0.25) is 5.91 Å². The predicted molar refractivity (Wildman–Crippen MR) is 67.5 cm³/mol. The number of rotatable bonds is 4. The Kier molecular flexibility index (Phi) is 3.57. The van der Waals surface area contributed by atoms with Crippen LogP contribution >= 0.6 is 11.6 Å². The van der Waals surface area contributed by atoms with Crippen molar-refractivity contribution in [1.29, 1.82) is 0 Å². The minimum Gasteiger partial charge on any atom is -0.480 e. The minimum absolute atomic E-state index is 0.111. The minimum atomic E-state index is -1.03. The van der Waals surface area contributed by atoms with Gasteiger partial charge < -0.3 is 10.4 Å². The summed E-state index contributed by atoms with van der Waals surface area (Å²) in [6, 6.07) is 6.57. The quantitative estimate of drug-likeness (QED) is 0.877. The van der Waals surface area contributed by atoms with Gasteiger partial charge in [0.1, 0.15) is 6.04 Å². The number of carboxylic acids is 1. The van der Waals surface area contributed by atoms with Crippen molar-refractivity contribution in [1.82, 2.24) is 5.32 Å². The summed E-state index contributed by atoms with van der Waals surface area (Å²) in [5.41, 5.74) is 0.960. The van der Waals surface area contributed by atoms with Gasteiger partial charge in [0.25, 0.3) is 0 Å². The SMILES string of the molecule is C[C@@H](NC(=O)C1CC1c1ccccc1Cl)C(=O)O. The van der Waals surface area contributed by atoms with Gasteiger partial charge in [-0.25, -0.2) is 0 Å². The molecular weight excluding hydrogens is 254 g/mol. The highest BCUT2D eigenvalue weighted by Gasteiger charge is 2.45. The zero-order valence-electron chi connectivity index (χ0n) is 9.89. The van der Waals surface area contributed by atoms with Gasteiger partial charge in [-0.1, -0.05) is 29.8 Å².